The van der Waals surface area contributed by atoms with E-state index in [-0.39, 0.29) is 42.7 Å². The molecular formula is C70H73N4OPt-3. The van der Waals surface area contributed by atoms with Crippen LogP contribution in [-0.2, 0) is 42.7 Å². The van der Waals surface area contributed by atoms with Gasteiger partial charge in [0, 0.05) is 60.8 Å². The topological polar surface area (TPSA) is 33.5 Å². The maximum atomic E-state index is 7.07. The predicted octanol–water partition coefficient (Wildman–Crippen LogP) is 18.6. The molecule has 0 fully saturated rings. The number of fused-ring (bicyclic) bond motifs is 3. The summed E-state index contributed by atoms with van der Waals surface area (Å²) in [5.41, 5.74) is 15.8. The van der Waals surface area contributed by atoms with Crippen LogP contribution in [-0.4, -0.2) is 9.55 Å². The van der Waals surface area contributed by atoms with E-state index in [1.54, 1.807) is 0 Å². The van der Waals surface area contributed by atoms with Gasteiger partial charge in [0.05, 0.1) is 0 Å². The van der Waals surface area contributed by atoms with Crippen molar-refractivity contribution < 1.29 is 25.8 Å². The van der Waals surface area contributed by atoms with Crippen molar-refractivity contribution in [1.29, 1.82) is 0 Å². The van der Waals surface area contributed by atoms with Gasteiger partial charge in [-0.15, -0.1) is 53.6 Å². The van der Waals surface area contributed by atoms with Crippen molar-refractivity contribution in [3.8, 4) is 28.4 Å². The predicted molar refractivity (Wildman–Crippen MR) is 316 cm³/mol. The zero-order valence-electron chi connectivity index (χ0n) is 46.9. The molecule has 392 valence electrons. The maximum absolute atomic E-state index is 7.07. The van der Waals surface area contributed by atoms with Crippen LogP contribution in [0.5, 0.6) is 11.5 Å². The standard InChI is InChI=1S/C70H73N4O.Pt/c1-46(2)59-26-21-27-60(47(3)4)66(59)48-36-55(72-34-35-73(45-72)56-39-53(69(11,12)49-22-17-15-18-23-49)38-54(40-56)70(13,14)50-24-19-16-20-25-50)43-58(37-48)75-57-29-31-62-61-30-28-51(67(5,6)7)41-63(61)74(64(62)44-57)65-42-52(32-33-71-65)68(8,9)10;/h15-42,45-47H,1-14H3;/q-3;. The summed E-state index contributed by atoms with van der Waals surface area (Å²) < 4.78 is 9.34. The summed E-state index contributed by atoms with van der Waals surface area (Å²) in [5.74, 6) is 2.66. The summed E-state index contributed by atoms with van der Waals surface area (Å²) in [4.78, 5) is 9.43. The van der Waals surface area contributed by atoms with Gasteiger partial charge < -0.3 is 19.1 Å². The second-order valence-electron chi connectivity index (χ2n) is 24.4. The van der Waals surface area contributed by atoms with Gasteiger partial charge in [-0.05, 0) is 121 Å². The van der Waals surface area contributed by atoms with Crippen LogP contribution in [0.15, 0.2) is 170 Å². The van der Waals surface area contributed by atoms with Gasteiger partial charge in [0.25, 0.3) is 0 Å². The Labute approximate surface area is 467 Å². The van der Waals surface area contributed by atoms with Crippen LogP contribution in [0.3, 0.4) is 0 Å². The molecule has 0 saturated heterocycles. The van der Waals surface area contributed by atoms with Crippen LogP contribution in [0.25, 0.3) is 38.8 Å². The van der Waals surface area contributed by atoms with Gasteiger partial charge in [-0.1, -0.05) is 200 Å². The van der Waals surface area contributed by atoms with Crippen LogP contribution >= 0.6 is 0 Å². The minimum atomic E-state index is -0.259. The number of nitrogens with zero attached hydrogens (tertiary/aromatic N) is 4. The first-order valence-electron chi connectivity index (χ1n) is 26.8. The van der Waals surface area contributed by atoms with E-state index in [2.05, 4.69) is 288 Å². The molecule has 10 rings (SSSR count). The zero-order valence-corrected chi connectivity index (χ0v) is 49.2. The van der Waals surface area contributed by atoms with E-state index in [0.717, 1.165) is 44.6 Å². The average molecular weight is 1180 g/mol. The molecule has 9 aromatic rings. The smallest absolute Gasteiger partial charge is 0.135 e. The first-order valence-corrected chi connectivity index (χ1v) is 26.8. The molecule has 0 saturated carbocycles. The molecule has 1 aliphatic heterocycles. The maximum Gasteiger partial charge on any atom is 0.135 e. The molecule has 0 aliphatic carbocycles. The number of aromatic nitrogens is 2. The van der Waals surface area contributed by atoms with Crippen LogP contribution < -0.4 is 14.5 Å². The van der Waals surface area contributed by atoms with Gasteiger partial charge in [-0.25, -0.2) is 4.98 Å². The van der Waals surface area contributed by atoms with E-state index >= 15 is 0 Å². The van der Waals surface area contributed by atoms with Crippen molar-refractivity contribution >= 4 is 33.2 Å². The van der Waals surface area contributed by atoms with Crippen LogP contribution in [0, 0.1) is 18.8 Å². The van der Waals surface area contributed by atoms with Crippen molar-refractivity contribution in [2.45, 2.75) is 130 Å². The van der Waals surface area contributed by atoms with Gasteiger partial charge in [0.15, 0.2) is 0 Å². The Balaban J connectivity index is 0.00000706. The Bertz CT molecular complexity index is 3490. The van der Waals surface area contributed by atoms with Crippen LogP contribution in [0.1, 0.15) is 153 Å². The molecule has 3 heterocycles. The normalized spacial score (nSPS) is 13.4. The molecule has 0 N–H and O–H groups in total. The van der Waals surface area contributed by atoms with E-state index in [9.17, 15) is 0 Å². The second kappa shape index (κ2) is 20.7. The number of benzene rings is 7. The first-order chi connectivity index (χ1) is 35.6. The molecule has 1 aliphatic rings. The van der Waals surface area contributed by atoms with E-state index in [4.69, 9.17) is 9.72 Å². The van der Waals surface area contributed by atoms with Crippen molar-refractivity contribution in [3.05, 3.63) is 234 Å². The molecule has 0 amide bonds. The van der Waals surface area contributed by atoms with Crippen molar-refractivity contribution in [2.24, 2.45) is 0 Å². The van der Waals surface area contributed by atoms with Crippen molar-refractivity contribution in [1.82, 2.24) is 9.55 Å². The second-order valence-corrected chi connectivity index (χ2v) is 24.4. The van der Waals surface area contributed by atoms with E-state index < -0.39 is 0 Å². The van der Waals surface area contributed by atoms with E-state index in [0.29, 0.717) is 23.3 Å². The third-order valence-corrected chi connectivity index (χ3v) is 15.6. The molecule has 0 bridgehead atoms. The van der Waals surface area contributed by atoms with Gasteiger partial charge >= 0.3 is 0 Å². The third kappa shape index (κ3) is 10.5. The monoisotopic (exact) mass is 1180 g/mol. The van der Waals surface area contributed by atoms with E-state index in [1.807, 2.05) is 12.3 Å². The molecule has 5 nitrogen and oxygen atoms in total. The number of rotatable bonds is 12. The zero-order chi connectivity index (χ0) is 53.2. The van der Waals surface area contributed by atoms with Gasteiger partial charge in [-0.2, -0.15) is 6.07 Å². The minimum absolute atomic E-state index is 0. The molecule has 0 spiro atoms. The van der Waals surface area contributed by atoms with E-state index in [1.165, 1.54) is 50.1 Å². The number of hydrogen-bond donors (Lipinski definition) is 0. The number of ether oxygens (including phenoxy) is 1. The summed E-state index contributed by atoms with van der Waals surface area (Å²) in [6.07, 6.45) is 6.22. The fourth-order valence-corrected chi connectivity index (χ4v) is 10.7. The molecular weight excluding hydrogens is 1110 g/mol. The van der Waals surface area contributed by atoms with Gasteiger partial charge in [0.1, 0.15) is 5.82 Å². The van der Waals surface area contributed by atoms with Gasteiger partial charge in [0.2, 0.25) is 0 Å². The molecule has 7 aromatic carbocycles. The molecule has 0 atom stereocenters. The summed E-state index contributed by atoms with van der Waals surface area (Å²) in [6, 6.07) is 63.0. The first kappa shape index (κ1) is 54.1. The Hall–Kier alpha value is -6.68. The fourth-order valence-electron chi connectivity index (χ4n) is 10.7. The largest absolute Gasteiger partial charge is 0.509 e. The Morgan fingerprint density at radius 1 is 0.500 bits per heavy atom. The summed E-state index contributed by atoms with van der Waals surface area (Å²) >= 11 is 0. The molecule has 2 aromatic heterocycles. The van der Waals surface area contributed by atoms with Crippen LogP contribution in [0.4, 0.5) is 11.4 Å². The van der Waals surface area contributed by atoms with Crippen molar-refractivity contribution in [2.75, 3.05) is 9.80 Å². The number of hydrogen-bond acceptors (Lipinski definition) is 4. The Kier molecular flexibility index (Phi) is 14.7. The average Bonchev–Trinajstić information content (AvgIpc) is 4.03. The molecule has 0 radical (unpaired) electrons. The fraction of sp³-hybridized carbons (Fsp3) is 0.286. The molecule has 76 heavy (non-hydrogen) atoms. The molecule has 0 unspecified atom stereocenters. The van der Waals surface area contributed by atoms with Gasteiger partial charge in [-0.3, -0.25) is 0 Å². The Morgan fingerprint density at radius 3 is 1.64 bits per heavy atom. The SMILES string of the molecule is CC(C)c1cccc(C(C)C)c1-c1cc(Oc2[c-]c3c(cc2)c2ccc(C(C)(C)C)cc2n3-c2cc(C(C)(C)C)ccn2)[c-]c(N2C=CN(c3cc(C(C)(C)c4ccccc4)cc(C(C)(C)c4ccccc4)c3)[CH-]2)c1.[Pt]. The Morgan fingerprint density at radius 2 is 1.07 bits per heavy atom. The minimum Gasteiger partial charge on any atom is -0.509 e. The number of pyridine rings is 1. The van der Waals surface area contributed by atoms with Crippen LogP contribution in [0.2, 0.25) is 0 Å². The summed E-state index contributed by atoms with van der Waals surface area (Å²) in [6.45, 7) is 34.2. The quantitative estimate of drug-likeness (QED) is 0.114. The van der Waals surface area contributed by atoms with Crippen molar-refractivity contribution in [3.63, 3.8) is 0 Å². The summed E-state index contributed by atoms with van der Waals surface area (Å²) in [5, 5.41) is 2.24. The molecule has 6 heteroatoms. The third-order valence-electron chi connectivity index (χ3n) is 15.6. The number of anilines is 2. The summed E-state index contributed by atoms with van der Waals surface area (Å²) in [7, 11) is 0.